The standard InChI is InChI=1S/C44H41N5O7/c1-47-36-20-41(39(54-3)18-34(36)43(51)49-23-29-12-7-5-10-27(29)16-37(49)44(47)52)56-25-31-14-8-13-30(46-31)24-55-40-19-35-33(17-38(40)53-2)42(50)48-22-28-11-6-4-9-26(28)15-32(48)21-45-35/h4-14,17-21,32,37,44,52H,15-16,22-25H2,1-3H3/t32-,37-,44?/m0/s1. The minimum atomic E-state index is -0.932. The van der Waals surface area contributed by atoms with E-state index in [1.807, 2.05) is 59.6 Å². The molecule has 0 spiro atoms. The molecule has 1 unspecified atom stereocenters. The van der Waals surface area contributed by atoms with E-state index in [0.717, 1.165) is 16.7 Å². The fourth-order valence-electron chi connectivity index (χ4n) is 8.19. The molecule has 1 N–H and O–H groups in total. The van der Waals surface area contributed by atoms with E-state index in [9.17, 15) is 14.7 Å². The first-order valence-electron chi connectivity index (χ1n) is 18.6. The molecule has 2 amide bonds. The summed E-state index contributed by atoms with van der Waals surface area (Å²) < 4.78 is 23.9. The van der Waals surface area contributed by atoms with E-state index in [-0.39, 0.29) is 31.1 Å². The zero-order valence-electron chi connectivity index (χ0n) is 31.3. The van der Waals surface area contributed by atoms with Crippen LogP contribution in [0.2, 0.25) is 0 Å². The monoisotopic (exact) mass is 751 g/mol. The van der Waals surface area contributed by atoms with Gasteiger partial charge in [-0.1, -0.05) is 54.6 Å². The number of aliphatic imine (C=N–C) groups is 1. The van der Waals surface area contributed by atoms with Gasteiger partial charge >= 0.3 is 0 Å². The molecule has 4 aliphatic rings. The van der Waals surface area contributed by atoms with Gasteiger partial charge in [-0.15, -0.1) is 0 Å². The van der Waals surface area contributed by atoms with Crippen LogP contribution in [0.4, 0.5) is 11.4 Å². The number of likely N-dealkylation sites (N-methyl/N-ethyl adjacent to an activating group) is 1. The van der Waals surface area contributed by atoms with Gasteiger partial charge in [-0.05, 0) is 59.4 Å². The van der Waals surface area contributed by atoms with Gasteiger partial charge in [0.1, 0.15) is 19.4 Å². The van der Waals surface area contributed by atoms with Crippen molar-refractivity contribution in [2.75, 3.05) is 26.2 Å². The highest BCUT2D eigenvalue weighted by Gasteiger charge is 2.41. The van der Waals surface area contributed by atoms with Gasteiger partial charge < -0.3 is 38.8 Å². The second-order valence-corrected chi connectivity index (χ2v) is 14.5. The molecule has 4 aliphatic heterocycles. The lowest BCUT2D eigenvalue weighted by molar-refractivity contribution is 0.0326. The van der Waals surface area contributed by atoms with Gasteiger partial charge in [0.05, 0.1) is 60.2 Å². The minimum Gasteiger partial charge on any atom is -0.493 e. The maximum Gasteiger partial charge on any atom is 0.257 e. The van der Waals surface area contributed by atoms with Crippen molar-refractivity contribution in [2.24, 2.45) is 4.99 Å². The molecule has 3 atom stereocenters. The number of rotatable bonds is 8. The maximum absolute atomic E-state index is 14.0. The van der Waals surface area contributed by atoms with Crippen LogP contribution in [0.5, 0.6) is 23.0 Å². The van der Waals surface area contributed by atoms with Crippen LogP contribution in [0.15, 0.2) is 96.0 Å². The smallest absolute Gasteiger partial charge is 0.257 e. The second-order valence-electron chi connectivity index (χ2n) is 14.5. The highest BCUT2D eigenvalue weighted by atomic mass is 16.5. The summed E-state index contributed by atoms with van der Waals surface area (Å²) in [6.07, 6.45) is 2.18. The molecule has 284 valence electrons. The third-order valence-corrected chi connectivity index (χ3v) is 11.2. The van der Waals surface area contributed by atoms with Gasteiger partial charge in [0.15, 0.2) is 23.0 Å². The van der Waals surface area contributed by atoms with Crippen LogP contribution in [-0.4, -0.2) is 77.5 Å². The molecule has 0 aliphatic carbocycles. The number of hydrogen-bond donors (Lipinski definition) is 1. The highest BCUT2D eigenvalue weighted by Crippen LogP contribution is 2.42. The van der Waals surface area contributed by atoms with Gasteiger partial charge in [0.2, 0.25) is 0 Å². The fraction of sp³-hybridized carbons (Fsp3) is 0.273. The lowest BCUT2D eigenvalue weighted by Gasteiger charge is -2.39. The van der Waals surface area contributed by atoms with Crippen molar-refractivity contribution in [3.8, 4) is 23.0 Å². The van der Waals surface area contributed by atoms with E-state index in [4.69, 9.17) is 28.9 Å². The van der Waals surface area contributed by atoms with Crippen LogP contribution in [0.1, 0.15) is 54.4 Å². The molecule has 12 heteroatoms. The predicted octanol–water partition coefficient (Wildman–Crippen LogP) is 5.88. The molecule has 1 aromatic heterocycles. The van der Waals surface area contributed by atoms with Gasteiger partial charge in [-0.2, -0.15) is 0 Å². The summed E-state index contributed by atoms with van der Waals surface area (Å²) in [6.45, 7) is 1.16. The Kier molecular flexibility index (Phi) is 9.05. The molecular formula is C44H41N5O7. The zero-order chi connectivity index (χ0) is 38.5. The average Bonchev–Trinajstić information content (AvgIpc) is 3.40. The molecule has 0 bridgehead atoms. The molecule has 9 rings (SSSR count). The van der Waals surface area contributed by atoms with E-state index in [2.05, 4.69) is 18.2 Å². The molecule has 12 nitrogen and oxygen atoms in total. The molecule has 5 heterocycles. The third-order valence-electron chi connectivity index (χ3n) is 11.2. The summed E-state index contributed by atoms with van der Waals surface area (Å²) in [6, 6.07) is 28.1. The number of fused-ring (bicyclic) bond motifs is 6. The topological polar surface area (TPSA) is 126 Å². The summed E-state index contributed by atoms with van der Waals surface area (Å²) in [5, 5.41) is 11.5. The number of hydrogen-bond acceptors (Lipinski definition) is 10. The Bertz CT molecular complexity index is 2400. The Morgan fingerprint density at radius 2 is 1.25 bits per heavy atom. The van der Waals surface area contributed by atoms with Crippen molar-refractivity contribution in [3.63, 3.8) is 0 Å². The van der Waals surface area contributed by atoms with Crippen molar-refractivity contribution in [1.82, 2.24) is 14.8 Å². The first-order chi connectivity index (χ1) is 27.3. The van der Waals surface area contributed by atoms with Crippen LogP contribution in [0.25, 0.3) is 0 Å². The Morgan fingerprint density at radius 3 is 1.91 bits per heavy atom. The van der Waals surface area contributed by atoms with Crippen molar-refractivity contribution in [3.05, 3.63) is 136 Å². The molecule has 0 saturated heterocycles. The van der Waals surface area contributed by atoms with Crippen LogP contribution in [0.3, 0.4) is 0 Å². The normalized spacial score (nSPS) is 19.4. The van der Waals surface area contributed by atoms with Crippen LogP contribution < -0.4 is 23.8 Å². The Balaban J connectivity index is 0.909. The van der Waals surface area contributed by atoms with E-state index >= 15 is 0 Å². The lowest BCUT2D eigenvalue weighted by atomic mass is 9.93. The largest absolute Gasteiger partial charge is 0.493 e. The van der Waals surface area contributed by atoms with Crippen molar-refractivity contribution >= 4 is 29.4 Å². The van der Waals surface area contributed by atoms with E-state index in [1.165, 1.54) is 12.7 Å². The number of methoxy groups -OCH3 is 2. The molecule has 56 heavy (non-hydrogen) atoms. The number of ether oxygens (including phenoxy) is 4. The highest BCUT2D eigenvalue weighted by molar-refractivity contribution is 6.04. The molecule has 0 fully saturated rings. The first kappa shape index (κ1) is 35.3. The summed E-state index contributed by atoms with van der Waals surface area (Å²) >= 11 is 0. The summed E-state index contributed by atoms with van der Waals surface area (Å²) in [7, 11) is 4.87. The Hall–Kier alpha value is -6.40. The fourth-order valence-corrected chi connectivity index (χ4v) is 8.19. The number of aromatic nitrogens is 1. The molecular weight excluding hydrogens is 711 g/mol. The number of pyridine rings is 1. The number of nitrogens with zero attached hydrogens (tertiary/aromatic N) is 5. The van der Waals surface area contributed by atoms with E-state index < -0.39 is 12.3 Å². The van der Waals surface area contributed by atoms with E-state index in [0.29, 0.717) is 82.8 Å². The maximum atomic E-state index is 14.0. The van der Waals surface area contributed by atoms with Gasteiger partial charge in [0.25, 0.3) is 11.8 Å². The lowest BCUT2D eigenvalue weighted by Crippen LogP contribution is -2.53. The third kappa shape index (κ3) is 6.25. The zero-order valence-corrected chi connectivity index (χ0v) is 31.3. The molecule has 0 radical (unpaired) electrons. The average molecular weight is 752 g/mol. The number of aliphatic hydroxyl groups is 1. The Labute approximate surface area is 324 Å². The van der Waals surface area contributed by atoms with Crippen molar-refractivity contribution in [2.45, 2.75) is 57.5 Å². The van der Waals surface area contributed by atoms with Crippen molar-refractivity contribution < 1.29 is 33.6 Å². The van der Waals surface area contributed by atoms with Gasteiger partial charge in [-0.3, -0.25) is 19.6 Å². The number of aliphatic hydroxyl groups excluding tert-OH is 1. The first-order valence-corrected chi connectivity index (χ1v) is 18.6. The molecule has 5 aromatic rings. The summed E-state index contributed by atoms with van der Waals surface area (Å²) in [5.41, 5.74) is 7.84. The number of carbonyl (C=O) groups is 2. The van der Waals surface area contributed by atoms with Gasteiger partial charge in [-0.25, -0.2) is 0 Å². The molecule has 4 aromatic carbocycles. The molecule has 0 saturated carbocycles. The van der Waals surface area contributed by atoms with Crippen molar-refractivity contribution in [1.29, 1.82) is 0 Å². The van der Waals surface area contributed by atoms with Gasteiger partial charge in [0, 0.05) is 38.5 Å². The van der Waals surface area contributed by atoms with Crippen LogP contribution in [0, 0.1) is 0 Å². The SMILES string of the molecule is COc1cc2c(cc1OCc1cccc(COc3cc4c(cc3OC)C(=O)N3Cc5ccccc5C[C@H]3C(O)N4C)n1)N=C[C@@H]1Cc3ccccc3CN1C2=O. The number of benzene rings is 4. The number of amides is 2. The summed E-state index contributed by atoms with van der Waals surface area (Å²) in [5.74, 6) is 1.40. The Morgan fingerprint density at radius 1 is 0.679 bits per heavy atom. The number of anilines is 1. The minimum absolute atomic E-state index is 0.0986. The quantitative estimate of drug-likeness (QED) is 0.207. The summed E-state index contributed by atoms with van der Waals surface area (Å²) in [4.78, 5) is 42.7. The number of carbonyl (C=O) groups excluding carboxylic acids is 2. The second kappa shape index (κ2) is 14.3. The predicted molar refractivity (Wildman–Crippen MR) is 209 cm³/mol. The van der Waals surface area contributed by atoms with Crippen LogP contribution in [-0.2, 0) is 39.1 Å². The van der Waals surface area contributed by atoms with Crippen LogP contribution >= 0.6 is 0 Å². The van der Waals surface area contributed by atoms with E-state index in [1.54, 1.807) is 48.2 Å².